The third kappa shape index (κ3) is 4.38. The molecule has 1 saturated heterocycles. The lowest BCUT2D eigenvalue weighted by atomic mass is 9.79. The number of hydrogen-bond acceptors (Lipinski definition) is 3. The molecule has 29 heavy (non-hydrogen) atoms. The van der Waals surface area contributed by atoms with Crippen LogP contribution in [0.4, 0.5) is 10.1 Å². The van der Waals surface area contributed by atoms with Crippen LogP contribution in [0.2, 0.25) is 0 Å². The first-order valence-electron chi connectivity index (χ1n) is 9.87. The van der Waals surface area contributed by atoms with Gasteiger partial charge in [0.05, 0.1) is 16.9 Å². The van der Waals surface area contributed by atoms with Crippen molar-refractivity contribution >= 4 is 24.2 Å². The third-order valence-electron chi connectivity index (χ3n) is 5.78. The van der Waals surface area contributed by atoms with Crippen LogP contribution in [0.25, 0.3) is 0 Å². The molecule has 0 aliphatic carbocycles. The van der Waals surface area contributed by atoms with Crippen molar-refractivity contribution in [2.24, 2.45) is 0 Å². The van der Waals surface area contributed by atoms with Gasteiger partial charge in [-0.25, -0.2) is 4.39 Å². The number of amides is 1. The lowest BCUT2D eigenvalue weighted by Gasteiger charge is -2.32. The van der Waals surface area contributed by atoms with Crippen LogP contribution in [0.5, 0.6) is 0 Å². The normalized spacial score (nSPS) is 18.0. The summed E-state index contributed by atoms with van der Waals surface area (Å²) >= 11 is 0. The summed E-state index contributed by atoms with van der Waals surface area (Å²) in [6.45, 7) is 14.1. The van der Waals surface area contributed by atoms with E-state index >= 15 is 0 Å². The quantitative estimate of drug-likeness (QED) is 0.766. The van der Waals surface area contributed by atoms with Gasteiger partial charge in [-0.1, -0.05) is 39.0 Å². The second-order valence-corrected chi connectivity index (χ2v) is 9.61. The number of carbonyl (C=O) groups excluding carboxylic acids is 1. The van der Waals surface area contributed by atoms with Gasteiger partial charge >= 0.3 is 7.12 Å². The zero-order valence-corrected chi connectivity index (χ0v) is 18.2. The molecule has 1 fully saturated rings. The Morgan fingerprint density at radius 3 is 2.00 bits per heavy atom. The fourth-order valence-corrected chi connectivity index (χ4v) is 3.07. The summed E-state index contributed by atoms with van der Waals surface area (Å²) < 4.78 is 26.6. The molecule has 1 N–H and O–H groups in total. The highest BCUT2D eigenvalue weighted by molar-refractivity contribution is 6.62. The maximum atomic E-state index is 14.7. The Bertz CT molecular complexity index is 901. The van der Waals surface area contributed by atoms with Crippen molar-refractivity contribution in [1.29, 1.82) is 0 Å². The number of hydrogen-bond donors (Lipinski definition) is 1. The third-order valence-corrected chi connectivity index (χ3v) is 5.78. The summed E-state index contributed by atoms with van der Waals surface area (Å²) in [4.78, 5) is 12.5. The SMILES string of the molecule is CC(C)(C)c1ccc(C(=O)Nc2ccc(B3OC(C)(C)C(C)(C)O3)cc2F)cc1. The molecule has 1 aliphatic rings. The summed E-state index contributed by atoms with van der Waals surface area (Å²) in [6, 6.07) is 12.0. The van der Waals surface area contributed by atoms with Crippen molar-refractivity contribution in [3.63, 3.8) is 0 Å². The van der Waals surface area contributed by atoms with Gasteiger partial charge in [0.1, 0.15) is 5.82 Å². The van der Waals surface area contributed by atoms with E-state index in [-0.39, 0.29) is 17.0 Å². The van der Waals surface area contributed by atoms with Crippen molar-refractivity contribution in [1.82, 2.24) is 0 Å². The molecule has 6 heteroatoms. The first-order valence-corrected chi connectivity index (χ1v) is 9.87. The van der Waals surface area contributed by atoms with Crippen LogP contribution in [-0.2, 0) is 14.7 Å². The highest BCUT2D eigenvalue weighted by Crippen LogP contribution is 2.36. The smallest absolute Gasteiger partial charge is 0.399 e. The first kappa shape index (κ1) is 21.5. The van der Waals surface area contributed by atoms with E-state index in [2.05, 4.69) is 26.1 Å². The van der Waals surface area contributed by atoms with Gasteiger partial charge in [-0.2, -0.15) is 0 Å². The Kier molecular flexibility index (Phi) is 5.39. The highest BCUT2D eigenvalue weighted by atomic mass is 19.1. The number of carbonyl (C=O) groups is 1. The average Bonchev–Trinajstić information content (AvgIpc) is 2.83. The number of anilines is 1. The van der Waals surface area contributed by atoms with Gasteiger partial charge in [-0.05, 0) is 68.4 Å². The minimum absolute atomic E-state index is 0.00442. The molecule has 0 spiro atoms. The summed E-state index contributed by atoms with van der Waals surface area (Å²) in [6.07, 6.45) is 0. The van der Waals surface area contributed by atoms with Gasteiger partial charge in [-0.15, -0.1) is 0 Å². The number of rotatable bonds is 3. The van der Waals surface area contributed by atoms with Crippen LogP contribution in [0, 0.1) is 5.82 Å². The molecule has 2 aromatic rings. The largest absolute Gasteiger partial charge is 0.494 e. The molecule has 3 rings (SSSR count). The zero-order chi connectivity index (χ0) is 21.6. The van der Waals surface area contributed by atoms with E-state index in [1.165, 1.54) is 12.1 Å². The van der Waals surface area contributed by atoms with E-state index in [0.717, 1.165) is 5.56 Å². The summed E-state index contributed by atoms with van der Waals surface area (Å²) in [7, 11) is -0.649. The van der Waals surface area contributed by atoms with Crippen LogP contribution in [0.15, 0.2) is 42.5 Å². The lowest BCUT2D eigenvalue weighted by Crippen LogP contribution is -2.41. The van der Waals surface area contributed by atoms with E-state index in [4.69, 9.17) is 9.31 Å². The van der Waals surface area contributed by atoms with E-state index < -0.39 is 24.1 Å². The van der Waals surface area contributed by atoms with Crippen molar-refractivity contribution in [2.75, 3.05) is 5.32 Å². The van der Waals surface area contributed by atoms with Crippen molar-refractivity contribution in [2.45, 2.75) is 65.1 Å². The predicted octanol–water partition coefficient (Wildman–Crippen LogP) is 4.67. The van der Waals surface area contributed by atoms with Crippen LogP contribution in [0.1, 0.15) is 64.4 Å². The Balaban J connectivity index is 1.74. The minimum Gasteiger partial charge on any atom is -0.399 e. The van der Waals surface area contributed by atoms with Gasteiger partial charge in [-0.3, -0.25) is 4.79 Å². The fourth-order valence-electron chi connectivity index (χ4n) is 3.07. The van der Waals surface area contributed by atoms with Gasteiger partial charge < -0.3 is 14.6 Å². The molecular formula is C23H29BFNO3. The molecule has 0 saturated carbocycles. The first-order chi connectivity index (χ1) is 13.3. The Labute approximate surface area is 172 Å². The van der Waals surface area contributed by atoms with E-state index in [1.807, 2.05) is 39.8 Å². The van der Waals surface area contributed by atoms with E-state index in [0.29, 0.717) is 11.0 Å². The molecule has 0 bridgehead atoms. The van der Waals surface area contributed by atoms with E-state index in [9.17, 15) is 9.18 Å². The highest BCUT2D eigenvalue weighted by Gasteiger charge is 2.51. The molecule has 0 unspecified atom stereocenters. The standard InChI is InChI=1S/C23H29BFNO3/c1-21(2,3)16-10-8-15(9-11-16)20(27)26-19-13-12-17(14-18(19)25)24-28-22(4,5)23(6,7)29-24/h8-14H,1-7H3,(H,26,27). The molecular weight excluding hydrogens is 368 g/mol. The molecule has 1 amide bonds. The summed E-state index contributed by atoms with van der Waals surface area (Å²) in [5, 5.41) is 2.64. The fraction of sp³-hybridized carbons (Fsp3) is 0.435. The maximum absolute atomic E-state index is 14.7. The molecule has 0 atom stereocenters. The van der Waals surface area contributed by atoms with Crippen molar-refractivity contribution in [3.05, 3.63) is 59.4 Å². The molecule has 4 nitrogen and oxygen atoms in total. The second-order valence-electron chi connectivity index (χ2n) is 9.61. The van der Waals surface area contributed by atoms with Crippen molar-refractivity contribution in [3.8, 4) is 0 Å². The molecule has 2 aromatic carbocycles. The monoisotopic (exact) mass is 397 g/mol. The lowest BCUT2D eigenvalue weighted by molar-refractivity contribution is 0.00578. The molecule has 154 valence electrons. The van der Waals surface area contributed by atoms with Gasteiger partial charge in [0.15, 0.2) is 0 Å². The van der Waals surface area contributed by atoms with Gasteiger partial charge in [0.2, 0.25) is 0 Å². The Morgan fingerprint density at radius 2 is 1.52 bits per heavy atom. The zero-order valence-electron chi connectivity index (χ0n) is 18.2. The summed E-state index contributed by atoms with van der Waals surface area (Å²) in [5.41, 5.74) is 1.31. The van der Waals surface area contributed by atoms with Gasteiger partial charge in [0.25, 0.3) is 5.91 Å². The maximum Gasteiger partial charge on any atom is 0.494 e. The van der Waals surface area contributed by atoms with Crippen LogP contribution in [-0.4, -0.2) is 24.2 Å². The number of nitrogens with one attached hydrogen (secondary N) is 1. The number of benzene rings is 2. The average molecular weight is 397 g/mol. The van der Waals surface area contributed by atoms with E-state index in [1.54, 1.807) is 18.2 Å². The Hall–Kier alpha value is -2.18. The van der Waals surface area contributed by atoms with Crippen LogP contribution >= 0.6 is 0 Å². The van der Waals surface area contributed by atoms with Crippen LogP contribution in [0.3, 0.4) is 0 Å². The Morgan fingerprint density at radius 1 is 0.966 bits per heavy atom. The predicted molar refractivity (Wildman–Crippen MR) is 115 cm³/mol. The topological polar surface area (TPSA) is 47.6 Å². The minimum atomic E-state index is -0.649. The van der Waals surface area contributed by atoms with Crippen LogP contribution < -0.4 is 10.8 Å². The number of halogens is 1. The van der Waals surface area contributed by atoms with Crippen molar-refractivity contribution < 1.29 is 18.5 Å². The summed E-state index contributed by atoms with van der Waals surface area (Å²) in [5.74, 6) is -0.885. The molecule has 0 aromatic heterocycles. The molecule has 1 aliphatic heterocycles. The molecule has 1 heterocycles. The molecule has 0 radical (unpaired) electrons. The van der Waals surface area contributed by atoms with Gasteiger partial charge in [0, 0.05) is 5.56 Å². The second kappa shape index (κ2) is 7.26.